The van der Waals surface area contributed by atoms with E-state index in [0.717, 1.165) is 13.0 Å². The van der Waals surface area contributed by atoms with Crippen molar-refractivity contribution in [3.8, 4) is 0 Å². The van der Waals surface area contributed by atoms with E-state index in [4.69, 9.17) is 27.9 Å². The molecule has 0 N–H and O–H groups in total. The van der Waals surface area contributed by atoms with E-state index >= 15 is 0 Å². The van der Waals surface area contributed by atoms with Crippen molar-refractivity contribution in [2.24, 2.45) is 5.92 Å². The molecule has 0 aliphatic carbocycles. The van der Waals surface area contributed by atoms with Crippen molar-refractivity contribution in [2.75, 3.05) is 45.1 Å². The Balaban J connectivity index is 1.89. The standard InChI is InChI=1S/C18H26Cl2N2O4S/c1-14(2)13-26-18(23)22-7-3-6-21(8-9-22)10-11-27(24,25)17-12-15(19)4-5-16(17)20/h4-5,12,14H,3,6-11,13H2,1-2H3. The lowest BCUT2D eigenvalue weighted by Gasteiger charge is -2.22. The highest BCUT2D eigenvalue weighted by Gasteiger charge is 2.23. The van der Waals surface area contributed by atoms with Gasteiger partial charge in [-0.2, -0.15) is 0 Å². The minimum atomic E-state index is -3.54. The van der Waals surface area contributed by atoms with Crippen LogP contribution in [0.4, 0.5) is 4.79 Å². The molecule has 152 valence electrons. The van der Waals surface area contributed by atoms with Crippen LogP contribution in [0.1, 0.15) is 20.3 Å². The van der Waals surface area contributed by atoms with Gasteiger partial charge < -0.3 is 14.5 Å². The predicted octanol–water partition coefficient (Wildman–Crippen LogP) is 3.57. The first kappa shape index (κ1) is 22.3. The van der Waals surface area contributed by atoms with Gasteiger partial charge in [0.1, 0.15) is 0 Å². The molecule has 1 saturated heterocycles. The second-order valence-electron chi connectivity index (χ2n) is 7.05. The van der Waals surface area contributed by atoms with Gasteiger partial charge in [-0.05, 0) is 37.1 Å². The molecule has 6 nitrogen and oxygen atoms in total. The molecule has 27 heavy (non-hydrogen) atoms. The number of nitrogens with zero attached hydrogens (tertiary/aromatic N) is 2. The van der Waals surface area contributed by atoms with Gasteiger partial charge in [-0.15, -0.1) is 0 Å². The van der Waals surface area contributed by atoms with Crippen molar-refractivity contribution >= 4 is 39.1 Å². The molecule has 0 aromatic heterocycles. The van der Waals surface area contributed by atoms with Crippen molar-refractivity contribution in [1.29, 1.82) is 0 Å². The fourth-order valence-electron chi connectivity index (χ4n) is 2.78. The number of carbonyl (C=O) groups excluding carboxylic acids is 1. The molecule has 1 aliphatic heterocycles. The molecule has 1 fully saturated rings. The molecule has 1 aliphatic rings. The predicted molar refractivity (Wildman–Crippen MR) is 107 cm³/mol. The maximum Gasteiger partial charge on any atom is 0.409 e. The van der Waals surface area contributed by atoms with Crippen LogP contribution in [0, 0.1) is 5.92 Å². The summed E-state index contributed by atoms with van der Waals surface area (Å²) in [4.78, 5) is 15.9. The van der Waals surface area contributed by atoms with E-state index < -0.39 is 9.84 Å². The molecule has 0 saturated carbocycles. The number of halogens is 2. The summed E-state index contributed by atoms with van der Waals surface area (Å²) in [5.74, 6) is 0.242. The third kappa shape index (κ3) is 6.82. The zero-order chi connectivity index (χ0) is 20.0. The highest BCUT2D eigenvalue weighted by molar-refractivity contribution is 7.91. The Bertz CT molecular complexity index is 756. The van der Waals surface area contributed by atoms with Crippen LogP contribution in [-0.4, -0.2) is 69.4 Å². The molecule has 1 aromatic carbocycles. The number of amides is 1. The van der Waals surface area contributed by atoms with E-state index in [0.29, 0.717) is 43.7 Å². The summed E-state index contributed by atoms with van der Waals surface area (Å²) in [5.41, 5.74) is 0. The van der Waals surface area contributed by atoms with E-state index in [1.54, 1.807) is 11.0 Å². The van der Waals surface area contributed by atoms with Gasteiger partial charge in [0.25, 0.3) is 0 Å². The second kappa shape index (κ2) is 9.96. The average Bonchev–Trinajstić information content (AvgIpc) is 2.85. The summed E-state index contributed by atoms with van der Waals surface area (Å²) in [7, 11) is -3.54. The topological polar surface area (TPSA) is 66.9 Å². The number of benzene rings is 1. The first-order valence-corrected chi connectivity index (χ1v) is 11.4. The Labute approximate surface area is 171 Å². The first-order valence-electron chi connectivity index (χ1n) is 9.01. The number of ether oxygens (including phenoxy) is 1. The van der Waals surface area contributed by atoms with E-state index in [1.807, 2.05) is 18.7 Å². The molecule has 9 heteroatoms. The van der Waals surface area contributed by atoms with Gasteiger partial charge in [-0.25, -0.2) is 13.2 Å². The Kier molecular flexibility index (Phi) is 8.21. The van der Waals surface area contributed by atoms with Gasteiger partial charge in [0.15, 0.2) is 9.84 Å². The quantitative estimate of drug-likeness (QED) is 0.681. The normalized spacial score (nSPS) is 16.4. The van der Waals surface area contributed by atoms with Crippen LogP contribution >= 0.6 is 23.2 Å². The van der Waals surface area contributed by atoms with Crippen LogP contribution in [0.25, 0.3) is 0 Å². The Morgan fingerprint density at radius 3 is 2.63 bits per heavy atom. The zero-order valence-corrected chi connectivity index (χ0v) is 18.0. The lowest BCUT2D eigenvalue weighted by atomic mass is 10.2. The maximum atomic E-state index is 12.6. The SMILES string of the molecule is CC(C)COC(=O)N1CCCN(CCS(=O)(=O)c2cc(Cl)ccc2Cl)CC1. The summed E-state index contributed by atoms with van der Waals surface area (Å²) >= 11 is 11.9. The fourth-order valence-corrected chi connectivity index (χ4v) is 4.88. The number of hydrogen-bond donors (Lipinski definition) is 0. The maximum absolute atomic E-state index is 12.6. The van der Waals surface area contributed by atoms with E-state index in [1.165, 1.54) is 12.1 Å². The molecule has 0 spiro atoms. The van der Waals surface area contributed by atoms with E-state index in [9.17, 15) is 13.2 Å². The summed E-state index contributed by atoms with van der Waals surface area (Å²) in [6.07, 6.45) is 0.471. The monoisotopic (exact) mass is 436 g/mol. The molecule has 1 amide bonds. The highest BCUT2D eigenvalue weighted by Crippen LogP contribution is 2.26. The van der Waals surface area contributed by atoms with Crippen molar-refractivity contribution in [1.82, 2.24) is 9.80 Å². The van der Waals surface area contributed by atoms with Gasteiger partial charge in [0.05, 0.1) is 22.3 Å². The van der Waals surface area contributed by atoms with Crippen molar-refractivity contribution in [3.05, 3.63) is 28.2 Å². The minimum Gasteiger partial charge on any atom is -0.449 e. The summed E-state index contributed by atoms with van der Waals surface area (Å²) in [6, 6.07) is 4.43. The second-order valence-corrected chi connectivity index (χ2v) is 9.97. The van der Waals surface area contributed by atoms with Crippen LogP contribution < -0.4 is 0 Å². The van der Waals surface area contributed by atoms with Gasteiger partial charge in [0.2, 0.25) is 0 Å². The van der Waals surface area contributed by atoms with Crippen LogP contribution in [0.15, 0.2) is 23.1 Å². The van der Waals surface area contributed by atoms with Crippen LogP contribution in [0.5, 0.6) is 0 Å². The summed E-state index contributed by atoms with van der Waals surface area (Å²) in [5, 5.41) is 0.512. The van der Waals surface area contributed by atoms with Crippen LogP contribution in [0.3, 0.4) is 0 Å². The number of hydrogen-bond acceptors (Lipinski definition) is 5. The first-order chi connectivity index (χ1) is 12.7. The third-order valence-electron chi connectivity index (χ3n) is 4.29. The van der Waals surface area contributed by atoms with Crippen LogP contribution in [-0.2, 0) is 14.6 Å². The molecule has 0 radical (unpaired) electrons. The number of rotatable bonds is 6. The summed E-state index contributed by atoms with van der Waals surface area (Å²) < 4.78 is 30.5. The molecule has 2 rings (SSSR count). The molecule has 1 heterocycles. The van der Waals surface area contributed by atoms with E-state index in [2.05, 4.69) is 0 Å². The molecule has 0 atom stereocenters. The Hall–Kier alpha value is -1.02. The molecule has 0 bridgehead atoms. The molecule has 0 unspecified atom stereocenters. The number of carbonyl (C=O) groups is 1. The van der Waals surface area contributed by atoms with Gasteiger partial charge in [0, 0.05) is 31.2 Å². The average molecular weight is 437 g/mol. The Morgan fingerprint density at radius 1 is 1.19 bits per heavy atom. The van der Waals surface area contributed by atoms with Crippen LogP contribution in [0.2, 0.25) is 10.0 Å². The lowest BCUT2D eigenvalue weighted by molar-refractivity contribution is 0.0931. The Morgan fingerprint density at radius 2 is 1.93 bits per heavy atom. The minimum absolute atomic E-state index is 0.0507. The highest BCUT2D eigenvalue weighted by atomic mass is 35.5. The number of sulfone groups is 1. The zero-order valence-electron chi connectivity index (χ0n) is 15.7. The fraction of sp³-hybridized carbons (Fsp3) is 0.611. The van der Waals surface area contributed by atoms with Gasteiger partial charge >= 0.3 is 6.09 Å². The van der Waals surface area contributed by atoms with Gasteiger partial charge in [-0.3, -0.25) is 0 Å². The van der Waals surface area contributed by atoms with E-state index in [-0.39, 0.29) is 21.8 Å². The van der Waals surface area contributed by atoms with Crippen molar-refractivity contribution in [3.63, 3.8) is 0 Å². The smallest absolute Gasteiger partial charge is 0.409 e. The largest absolute Gasteiger partial charge is 0.449 e. The van der Waals surface area contributed by atoms with Crippen molar-refractivity contribution < 1.29 is 17.9 Å². The molecular formula is C18H26Cl2N2O4S. The lowest BCUT2D eigenvalue weighted by Crippen LogP contribution is -2.37. The molecule has 1 aromatic rings. The van der Waals surface area contributed by atoms with Gasteiger partial charge in [-0.1, -0.05) is 37.0 Å². The third-order valence-corrected chi connectivity index (χ3v) is 6.70. The van der Waals surface area contributed by atoms with Crippen molar-refractivity contribution in [2.45, 2.75) is 25.2 Å². The molecular weight excluding hydrogens is 411 g/mol. The summed E-state index contributed by atoms with van der Waals surface area (Å²) in [6.45, 7) is 7.23.